The minimum absolute atomic E-state index is 0.0184. The van der Waals surface area contributed by atoms with Gasteiger partial charge in [-0.05, 0) is 164 Å². The van der Waals surface area contributed by atoms with Crippen molar-refractivity contribution in [1.82, 2.24) is 51.5 Å². The molecule has 0 aromatic heterocycles. The quantitative estimate of drug-likeness (QED) is 0.0102. The number of phenols is 2. The van der Waals surface area contributed by atoms with Gasteiger partial charge < -0.3 is 117 Å². The molecule has 6 aliphatic rings. The number of nitrogens with two attached hydrogens (primary N) is 1. The number of carboxylic acid groups (broad SMARTS) is 3. The lowest BCUT2D eigenvalue weighted by Gasteiger charge is -2.39. The summed E-state index contributed by atoms with van der Waals surface area (Å²) in [5.74, 6) is -12.5. The molecule has 628 valence electrons. The molecule has 117 heavy (non-hydrogen) atoms. The smallest absolute Gasteiger partial charge is 0.340 e. The van der Waals surface area contributed by atoms with E-state index in [9.17, 15) is 93.0 Å². The average molecular weight is 1650 g/mol. The molecule has 0 radical (unpaired) electrons. The number of carbonyl (C=O) groups excluding carboxylic acids is 11. The SMILES string of the molecule is COc1ccc(/C=N\O[C@H]2CCN(C(=O)C3CCCCN3C(=O)[C@H](C)NC(=O)[C@@H](NC(=O)[C@@H]3CCCN3C(=O)[C@H](CCC(=O)O)NC(=O)[C@@H]3CCCN3C(=O)CCCCNC(=S)Nc3ccc4c(c3)C3(OC4=O)c4ccc(O)cc4Oc4cc(O)ccc43)[C@@H](C)O)[C@@H]2C(=O)N[C@@H](CCC(=O)O)C(=O)N[C@@H](CCC(=O)O)C(N)=O)cc1OC. The number of thiocarbonyl (C=S) groups is 1. The van der Waals surface area contributed by atoms with Crippen molar-refractivity contribution >= 4 is 112 Å². The number of methoxy groups -OCH3 is 2. The molecule has 4 saturated heterocycles. The molecule has 10 rings (SSSR count). The van der Waals surface area contributed by atoms with Gasteiger partial charge in [-0.1, -0.05) is 5.16 Å². The van der Waals surface area contributed by atoms with Gasteiger partial charge in [0.1, 0.15) is 71.3 Å². The molecular formula is C78H95N13O25S. The van der Waals surface area contributed by atoms with Gasteiger partial charge in [-0.2, -0.15) is 0 Å². The van der Waals surface area contributed by atoms with Crippen molar-refractivity contribution in [2.45, 2.75) is 195 Å². The third kappa shape index (κ3) is 20.6. The molecule has 4 fully saturated rings. The Labute approximate surface area is 675 Å². The molecule has 4 aromatic rings. The maximum atomic E-state index is 15.1. The number of hydrogen-bond donors (Lipinski definition) is 14. The molecule has 10 amide bonds. The Morgan fingerprint density at radius 3 is 1.83 bits per heavy atom. The predicted octanol–water partition coefficient (Wildman–Crippen LogP) is 1.43. The largest absolute Gasteiger partial charge is 0.508 e. The number of nitrogens with one attached hydrogen (secondary N) is 7. The van der Waals surface area contributed by atoms with Gasteiger partial charge >= 0.3 is 23.9 Å². The molecule has 38 nitrogen and oxygen atoms in total. The number of rotatable bonds is 35. The van der Waals surface area contributed by atoms with Crippen LogP contribution in [0.5, 0.6) is 34.5 Å². The number of carbonyl (C=O) groups is 14. The lowest BCUT2D eigenvalue weighted by Crippen LogP contribution is -2.62. The zero-order valence-electron chi connectivity index (χ0n) is 64.6. The Morgan fingerprint density at radius 2 is 1.20 bits per heavy atom. The van der Waals surface area contributed by atoms with Crippen LogP contribution in [0, 0.1) is 0 Å². The minimum atomic E-state index is -1.78. The number of hydrogen-bond acceptors (Lipinski definition) is 24. The number of carboxylic acids is 3. The van der Waals surface area contributed by atoms with E-state index in [2.05, 4.69) is 42.4 Å². The molecular weight excluding hydrogens is 1550 g/mol. The van der Waals surface area contributed by atoms with Crippen molar-refractivity contribution in [2.75, 3.05) is 52.3 Å². The van der Waals surface area contributed by atoms with Crippen LogP contribution in [-0.4, -0.2) is 258 Å². The third-order valence-corrected chi connectivity index (χ3v) is 21.5. The number of aliphatic hydroxyl groups excluding tert-OH is 1. The fourth-order valence-electron chi connectivity index (χ4n) is 15.4. The van der Waals surface area contributed by atoms with E-state index < -0.39 is 188 Å². The van der Waals surface area contributed by atoms with E-state index in [0.717, 1.165) is 9.80 Å². The van der Waals surface area contributed by atoms with Crippen molar-refractivity contribution in [2.24, 2.45) is 10.9 Å². The normalized spacial score (nSPS) is 19.8. The fourth-order valence-corrected chi connectivity index (χ4v) is 15.6. The van der Waals surface area contributed by atoms with Gasteiger partial charge in [-0.3, -0.25) is 62.3 Å². The molecule has 0 saturated carbocycles. The maximum absolute atomic E-state index is 15.1. The number of esters is 1. The summed E-state index contributed by atoms with van der Waals surface area (Å²) >= 11 is 5.64. The standard InChI is InChI=1S/C78H95N13O25S/c1-40(73(108)90-31-8-6-11-55(90)75(110)91-34-29-57(116-81-39-42-15-25-56(112-3)60(35-42)113-4)66(91)72(107)85-51(23-27-63(98)99)68(103)84-50(67(79)102)22-26-62(96)97)82-71(106)65(41(2)92)87-70(105)54-13-10-33-89(54)74(109)52(24-28-64(100)101)86-69(104)53-12-9-32-88(53)61(95)14-5-7-30-80-77(117)83-43-16-19-46-49(36-43)78(115-76(46)111)47-20-17-44(93)37-58(47)114-59-38-45(94)18-21-48(59)78/h15-21,25,35-41,50-55,57,65-66,92-94H,5-14,22-24,26-34H2,1-4H3,(H2,79,102)(H,82,106)(H,84,103)(H,85,107)(H,86,104)(H,87,105)(H,96,97)(H,98,99)(H,100,101)(H2,80,83,117)/b81-39-/t40-,41+,50-,51-,52-,53-,54-,55?,57-,65-,66-/m0/s1. The first-order chi connectivity index (χ1) is 55.8. The Bertz CT molecular complexity index is 4490. The van der Waals surface area contributed by atoms with Crippen LogP contribution in [0.2, 0.25) is 0 Å². The van der Waals surface area contributed by atoms with Gasteiger partial charge in [-0.15, -0.1) is 0 Å². The third-order valence-electron chi connectivity index (χ3n) is 21.3. The summed E-state index contributed by atoms with van der Waals surface area (Å²) in [6.07, 6.45) is -2.51. The van der Waals surface area contributed by atoms with Gasteiger partial charge in [0, 0.05) is 105 Å². The molecule has 11 atom stereocenters. The monoisotopic (exact) mass is 1650 g/mol. The van der Waals surface area contributed by atoms with Crippen LogP contribution in [0.25, 0.3) is 0 Å². The first-order valence-corrected chi connectivity index (χ1v) is 38.8. The molecule has 1 spiro atoms. The highest BCUT2D eigenvalue weighted by molar-refractivity contribution is 7.80. The van der Waals surface area contributed by atoms with E-state index in [0.29, 0.717) is 78.1 Å². The van der Waals surface area contributed by atoms with Crippen LogP contribution in [0.3, 0.4) is 0 Å². The number of likely N-dealkylation sites (tertiary alicyclic amines) is 4. The number of oxime groups is 1. The van der Waals surface area contributed by atoms with Gasteiger partial charge in [0.25, 0.3) is 0 Å². The molecule has 1 unspecified atom stereocenters. The number of aliphatic carboxylic acids is 3. The second kappa shape index (κ2) is 38.8. The number of aromatic hydroxyl groups is 2. The fraction of sp³-hybridized carbons (Fsp3) is 0.487. The number of primary amides is 1. The number of ether oxygens (including phenoxy) is 4. The number of unbranched alkanes of at least 4 members (excludes halogenated alkanes) is 1. The number of anilines is 1. The molecule has 0 bridgehead atoms. The van der Waals surface area contributed by atoms with Gasteiger partial charge in [-0.25, -0.2) is 4.79 Å². The molecule has 0 aliphatic carbocycles. The zero-order chi connectivity index (χ0) is 84.7. The predicted molar refractivity (Wildman–Crippen MR) is 414 cm³/mol. The summed E-state index contributed by atoms with van der Waals surface area (Å²) in [5, 5.41) is 83.4. The minimum Gasteiger partial charge on any atom is -0.508 e. The van der Waals surface area contributed by atoms with E-state index in [4.69, 9.17) is 41.7 Å². The summed E-state index contributed by atoms with van der Waals surface area (Å²) in [7, 11) is 2.85. The number of fused-ring (bicyclic) bond motifs is 6. The van der Waals surface area contributed by atoms with Crippen molar-refractivity contribution < 1.29 is 122 Å². The van der Waals surface area contributed by atoms with E-state index >= 15 is 4.79 Å². The number of amides is 10. The maximum Gasteiger partial charge on any atom is 0.340 e. The van der Waals surface area contributed by atoms with E-state index in [1.165, 1.54) is 68.3 Å². The van der Waals surface area contributed by atoms with Crippen molar-refractivity contribution in [3.63, 3.8) is 0 Å². The molecule has 15 N–H and O–H groups in total. The number of aliphatic hydroxyl groups is 1. The summed E-state index contributed by atoms with van der Waals surface area (Å²) in [4.78, 5) is 201. The summed E-state index contributed by atoms with van der Waals surface area (Å²) in [6, 6.07) is 5.22. The van der Waals surface area contributed by atoms with Crippen LogP contribution in [0.1, 0.15) is 156 Å². The van der Waals surface area contributed by atoms with Crippen molar-refractivity contribution in [1.29, 1.82) is 0 Å². The first-order valence-electron chi connectivity index (χ1n) is 38.4. The van der Waals surface area contributed by atoms with Crippen LogP contribution in [0.4, 0.5) is 5.69 Å². The van der Waals surface area contributed by atoms with Crippen molar-refractivity contribution in [3.8, 4) is 34.5 Å². The van der Waals surface area contributed by atoms with Crippen molar-refractivity contribution in [3.05, 3.63) is 101 Å². The Kier molecular flexibility index (Phi) is 28.9. The number of phenolic OH excluding ortho intramolecular Hbond substituents is 2. The van der Waals surface area contributed by atoms with E-state index in [1.54, 1.807) is 48.5 Å². The highest BCUT2D eigenvalue weighted by atomic mass is 32.1. The van der Waals surface area contributed by atoms with Crippen LogP contribution < -0.4 is 57.2 Å². The highest BCUT2D eigenvalue weighted by Gasteiger charge is 2.55. The van der Waals surface area contributed by atoms with E-state index in [1.807, 2.05) is 0 Å². The lowest BCUT2D eigenvalue weighted by molar-refractivity contribution is -0.153. The van der Waals surface area contributed by atoms with Gasteiger partial charge in [0.15, 0.2) is 34.4 Å². The first kappa shape index (κ1) is 87.0. The molecule has 6 heterocycles. The Hall–Kier alpha value is -12.4. The number of benzene rings is 4. The molecule has 4 aromatic carbocycles. The molecule has 6 aliphatic heterocycles. The highest BCUT2D eigenvalue weighted by Crippen LogP contribution is 2.57. The van der Waals surface area contributed by atoms with Crippen LogP contribution in [0.15, 0.2) is 78.0 Å². The topological polar surface area (TPSA) is 542 Å². The summed E-state index contributed by atoms with van der Waals surface area (Å²) in [5.41, 5.74) is 6.47. The Balaban J connectivity index is 0.741. The second-order valence-electron chi connectivity index (χ2n) is 29.2. The van der Waals surface area contributed by atoms with Crippen LogP contribution >= 0.6 is 12.2 Å². The van der Waals surface area contributed by atoms with E-state index in [-0.39, 0.29) is 104 Å². The zero-order valence-corrected chi connectivity index (χ0v) is 65.4. The summed E-state index contributed by atoms with van der Waals surface area (Å²) < 4.78 is 22.9. The van der Waals surface area contributed by atoms with Gasteiger partial charge in [0.2, 0.25) is 59.1 Å². The number of nitrogens with zero attached hydrogens (tertiary/aromatic N) is 5. The Morgan fingerprint density at radius 1 is 0.607 bits per heavy atom. The molecule has 39 heteroatoms. The second-order valence-corrected chi connectivity index (χ2v) is 29.6. The lowest BCUT2D eigenvalue weighted by atomic mass is 9.77. The van der Waals surface area contributed by atoms with Gasteiger partial charge in [0.05, 0.1) is 32.1 Å². The number of piperidine rings is 1. The summed E-state index contributed by atoms with van der Waals surface area (Å²) in [6.45, 7) is 2.70. The van der Waals surface area contributed by atoms with Crippen LogP contribution in [-0.2, 0) is 77.5 Å². The average Bonchev–Trinajstić information content (AvgIpc) is 1.57.